The van der Waals surface area contributed by atoms with E-state index in [-0.39, 0.29) is 23.4 Å². The van der Waals surface area contributed by atoms with Crippen LogP contribution in [0.2, 0.25) is 34.8 Å². The molecule has 0 bridgehead atoms. The lowest BCUT2D eigenvalue weighted by molar-refractivity contribution is -0.152. The van der Waals surface area contributed by atoms with Gasteiger partial charge in [0.2, 0.25) is 0 Å². The summed E-state index contributed by atoms with van der Waals surface area (Å²) < 4.78 is 26.7. The first kappa shape index (κ1) is 26.1. The van der Waals surface area contributed by atoms with Crippen molar-refractivity contribution in [1.82, 2.24) is 0 Å². The molecule has 0 amide bonds. The predicted molar refractivity (Wildman–Crippen MR) is 131 cm³/mol. The van der Waals surface area contributed by atoms with Crippen LogP contribution in [0.15, 0.2) is 11.8 Å². The van der Waals surface area contributed by atoms with Gasteiger partial charge in [0.1, 0.15) is 18.0 Å². The van der Waals surface area contributed by atoms with E-state index >= 15 is 0 Å². The van der Waals surface area contributed by atoms with Crippen LogP contribution in [0.5, 0.6) is 0 Å². The third kappa shape index (κ3) is 4.93. The number of rotatable bonds is 7. The van der Waals surface area contributed by atoms with Crippen LogP contribution in [-0.4, -0.2) is 40.7 Å². The molecule has 176 valence electrons. The lowest BCUT2D eigenvalue weighted by atomic mass is 9.97. The molecule has 0 aromatic rings. The highest BCUT2D eigenvalue weighted by Crippen LogP contribution is 2.48. The van der Waals surface area contributed by atoms with Crippen molar-refractivity contribution in [2.24, 2.45) is 0 Å². The van der Waals surface area contributed by atoms with Gasteiger partial charge in [-0.15, -0.1) is 0 Å². The van der Waals surface area contributed by atoms with Crippen molar-refractivity contribution in [2.45, 2.75) is 141 Å². The van der Waals surface area contributed by atoms with Gasteiger partial charge in [-0.3, -0.25) is 0 Å². The standard InChI is InChI=1S/C24H48O4Si2/c1-16(2)30(17(3)4,18(5)6)28-20-15-14-19(27-29(12,13)23(7,8)9)21-22(20)26-24(10,11)25-21/h15-19,21-22H,14H2,1-13H3/t19?,21-,22+/m1/s1. The summed E-state index contributed by atoms with van der Waals surface area (Å²) in [5.41, 5.74) is 1.56. The second-order valence-electron chi connectivity index (χ2n) is 12.2. The van der Waals surface area contributed by atoms with Crippen molar-refractivity contribution < 1.29 is 18.3 Å². The van der Waals surface area contributed by atoms with Crippen molar-refractivity contribution >= 4 is 16.6 Å². The maximum Gasteiger partial charge on any atom is 0.258 e. The van der Waals surface area contributed by atoms with Gasteiger partial charge in [-0.05, 0) is 61.1 Å². The van der Waals surface area contributed by atoms with Crippen molar-refractivity contribution in [3.05, 3.63) is 11.8 Å². The van der Waals surface area contributed by atoms with Crippen LogP contribution in [0.3, 0.4) is 0 Å². The van der Waals surface area contributed by atoms with Crippen molar-refractivity contribution in [2.75, 3.05) is 0 Å². The molecule has 2 aliphatic rings. The van der Waals surface area contributed by atoms with E-state index in [4.69, 9.17) is 18.3 Å². The monoisotopic (exact) mass is 456 g/mol. The maximum absolute atomic E-state index is 7.07. The molecular formula is C24H48O4Si2. The molecule has 30 heavy (non-hydrogen) atoms. The Hall–Kier alpha value is -0.146. The molecule has 1 saturated heterocycles. The van der Waals surface area contributed by atoms with Crippen LogP contribution in [0.4, 0.5) is 0 Å². The van der Waals surface area contributed by atoms with Crippen LogP contribution in [0, 0.1) is 0 Å². The molecule has 3 atom stereocenters. The summed E-state index contributed by atoms with van der Waals surface area (Å²) in [6.07, 6.45) is 2.78. The fourth-order valence-corrected chi connectivity index (χ4v) is 11.7. The normalized spacial score (nSPS) is 27.6. The van der Waals surface area contributed by atoms with Crippen molar-refractivity contribution in [1.29, 1.82) is 0 Å². The van der Waals surface area contributed by atoms with E-state index in [0.29, 0.717) is 16.6 Å². The third-order valence-corrected chi connectivity index (χ3v) is 18.1. The van der Waals surface area contributed by atoms with Crippen LogP contribution < -0.4 is 0 Å². The molecule has 1 aliphatic heterocycles. The summed E-state index contributed by atoms with van der Waals surface area (Å²) in [5, 5.41) is 0.160. The minimum Gasteiger partial charge on any atom is -0.544 e. The minimum absolute atomic E-state index is 0.0123. The lowest BCUT2D eigenvalue weighted by Gasteiger charge is -2.46. The van der Waals surface area contributed by atoms with Gasteiger partial charge >= 0.3 is 0 Å². The topological polar surface area (TPSA) is 36.9 Å². The molecule has 0 N–H and O–H groups in total. The van der Waals surface area contributed by atoms with E-state index < -0.39 is 22.4 Å². The molecule has 6 heteroatoms. The van der Waals surface area contributed by atoms with E-state index in [9.17, 15) is 0 Å². The third-order valence-electron chi connectivity index (χ3n) is 7.58. The minimum atomic E-state index is -2.06. The molecule has 1 heterocycles. The molecule has 0 radical (unpaired) electrons. The fourth-order valence-electron chi connectivity index (χ4n) is 5.09. The molecule has 0 spiro atoms. The van der Waals surface area contributed by atoms with E-state index in [1.807, 2.05) is 13.8 Å². The molecule has 1 fully saturated rings. The van der Waals surface area contributed by atoms with E-state index in [1.165, 1.54) is 0 Å². The van der Waals surface area contributed by atoms with Gasteiger partial charge < -0.3 is 18.3 Å². The van der Waals surface area contributed by atoms with Gasteiger partial charge in [-0.25, -0.2) is 0 Å². The zero-order chi connectivity index (χ0) is 23.3. The molecule has 0 aromatic heterocycles. The average molecular weight is 457 g/mol. The Morgan fingerprint density at radius 1 is 0.967 bits per heavy atom. The molecule has 0 saturated carbocycles. The van der Waals surface area contributed by atoms with Crippen LogP contribution >= 0.6 is 0 Å². The van der Waals surface area contributed by atoms with Gasteiger partial charge in [0.05, 0.1) is 6.10 Å². The highest BCUT2D eigenvalue weighted by Gasteiger charge is 2.55. The summed E-state index contributed by atoms with van der Waals surface area (Å²) in [5.74, 6) is 0.359. The maximum atomic E-state index is 7.07. The second kappa shape index (κ2) is 8.66. The highest BCUT2D eigenvalue weighted by atomic mass is 28.4. The zero-order valence-corrected chi connectivity index (χ0v) is 23.9. The SMILES string of the molecule is CC(C)[Si](OC1=CCC(O[Si](C)(C)C(C)(C)C)[C@H]2OC(C)(C)O[C@@H]12)(C(C)C)C(C)C. The van der Waals surface area contributed by atoms with E-state index in [0.717, 1.165) is 12.2 Å². The summed E-state index contributed by atoms with van der Waals surface area (Å²) in [6, 6.07) is 0. The molecule has 1 unspecified atom stereocenters. The van der Waals surface area contributed by atoms with Crippen LogP contribution in [0.1, 0.15) is 82.6 Å². The Balaban J connectivity index is 2.39. The van der Waals surface area contributed by atoms with E-state index in [1.54, 1.807) is 0 Å². The summed E-state index contributed by atoms with van der Waals surface area (Å²) >= 11 is 0. The molecular weight excluding hydrogens is 408 g/mol. The summed E-state index contributed by atoms with van der Waals surface area (Å²) in [4.78, 5) is 0. The largest absolute Gasteiger partial charge is 0.544 e. The molecule has 2 rings (SSSR count). The van der Waals surface area contributed by atoms with E-state index in [2.05, 4.69) is 81.5 Å². The number of ether oxygens (including phenoxy) is 2. The number of fused-ring (bicyclic) bond motifs is 1. The second-order valence-corrected chi connectivity index (χ2v) is 22.3. The average Bonchev–Trinajstić information content (AvgIpc) is 2.87. The first-order chi connectivity index (χ1) is 13.4. The predicted octanol–water partition coefficient (Wildman–Crippen LogP) is 7.38. The smallest absolute Gasteiger partial charge is 0.258 e. The number of hydrogen-bond acceptors (Lipinski definition) is 4. The first-order valence-electron chi connectivity index (χ1n) is 11.9. The van der Waals surface area contributed by atoms with Gasteiger partial charge in [-0.2, -0.15) is 0 Å². The van der Waals surface area contributed by atoms with Gasteiger partial charge in [0.15, 0.2) is 14.1 Å². The van der Waals surface area contributed by atoms with Crippen molar-refractivity contribution in [3.8, 4) is 0 Å². The first-order valence-corrected chi connectivity index (χ1v) is 16.9. The summed E-state index contributed by atoms with van der Waals surface area (Å²) in [7, 11) is -3.97. The molecule has 4 nitrogen and oxygen atoms in total. The van der Waals surface area contributed by atoms with Crippen LogP contribution in [-0.2, 0) is 18.3 Å². The lowest BCUT2D eigenvalue weighted by Crippen LogP contribution is -2.53. The van der Waals surface area contributed by atoms with Crippen LogP contribution in [0.25, 0.3) is 0 Å². The van der Waals surface area contributed by atoms with Gasteiger partial charge in [0, 0.05) is 0 Å². The Kier molecular flexibility index (Phi) is 7.53. The van der Waals surface area contributed by atoms with Gasteiger partial charge in [-0.1, -0.05) is 62.3 Å². The molecule has 1 aliphatic carbocycles. The fraction of sp³-hybridized carbons (Fsp3) is 0.917. The molecule has 0 aromatic carbocycles. The highest BCUT2D eigenvalue weighted by molar-refractivity contribution is 6.78. The Labute approximate surface area is 188 Å². The Morgan fingerprint density at radius 2 is 1.47 bits per heavy atom. The van der Waals surface area contributed by atoms with Crippen molar-refractivity contribution in [3.63, 3.8) is 0 Å². The summed E-state index contributed by atoms with van der Waals surface area (Å²) in [6.45, 7) is 29.4. The van der Waals surface area contributed by atoms with Gasteiger partial charge in [0.25, 0.3) is 8.32 Å². The Morgan fingerprint density at radius 3 is 1.90 bits per heavy atom. The number of hydrogen-bond donors (Lipinski definition) is 0. The zero-order valence-electron chi connectivity index (χ0n) is 21.9. The Bertz CT molecular complexity index is 610. The quantitative estimate of drug-likeness (QED) is 0.374.